The summed E-state index contributed by atoms with van der Waals surface area (Å²) in [6.45, 7) is 34.4. The van der Waals surface area contributed by atoms with Gasteiger partial charge in [-0.25, -0.2) is 0 Å². The van der Waals surface area contributed by atoms with Gasteiger partial charge in [-0.2, -0.15) is 5.91 Å². The number of fused-ring (bicyclic) bond motifs is 2. The minimum atomic E-state index is -0.861. The van der Waals surface area contributed by atoms with Gasteiger partial charge in [0, 0.05) is 31.6 Å². The smallest absolute Gasteiger partial charge is 0.0635 e. The zero-order chi connectivity index (χ0) is 50.3. The Labute approximate surface area is 447 Å². The van der Waals surface area contributed by atoms with Crippen molar-refractivity contribution in [2.24, 2.45) is 4.99 Å². The van der Waals surface area contributed by atoms with Crippen molar-refractivity contribution in [2.45, 2.75) is 91.1 Å². The van der Waals surface area contributed by atoms with Crippen molar-refractivity contribution in [1.82, 2.24) is 0 Å². The Hall–Kier alpha value is -4.34. The number of rotatable bonds is 12. The maximum absolute atomic E-state index is 5.24. The van der Waals surface area contributed by atoms with Crippen LogP contribution < -0.4 is 10.6 Å². The fraction of sp³-hybridized carbons (Fsp3) is 0.226. The number of aryl methyl sites for hydroxylation is 1. The normalized spacial score (nSPS) is 11.8. The first-order valence-corrected chi connectivity index (χ1v) is 36.6. The van der Waals surface area contributed by atoms with Crippen molar-refractivity contribution in [3.05, 3.63) is 248 Å². The van der Waals surface area contributed by atoms with Gasteiger partial charge in [-0.3, -0.25) is 4.99 Å². The maximum Gasteiger partial charge on any atom is 0.0635 e. The standard InChI is InChI=1S/C30H25N2P.C20H19N.3C4H11Si.Hf/c1-4-12-24(13-5-1)23-31-30(32-27-21-20-25-14-10-11-15-26(25)22-27)33(28-16-6-2-7-17-28)29-18-8-3-9-19-29;1-16(11-12-17-7-3-2-4-8-17)21-20-14-13-18-9-5-6-10-19(18)15-20;3*1-5(2,3)4;/h1-22,30H,23H2;2-10,13-15H,11-12H2,1H3;3*1H2,2-4H3;/q-2;;3*-1;. The fourth-order valence-electron chi connectivity index (χ4n) is 6.43. The van der Waals surface area contributed by atoms with Crippen LogP contribution in [0.1, 0.15) is 24.5 Å². The van der Waals surface area contributed by atoms with Crippen LogP contribution in [0.15, 0.2) is 211 Å². The molecule has 0 amide bonds. The van der Waals surface area contributed by atoms with Gasteiger partial charge in [0.25, 0.3) is 0 Å². The molecule has 0 fully saturated rings. The molecule has 0 N–H and O–H groups in total. The quantitative estimate of drug-likeness (QED) is 0.0506. The first-order valence-electron chi connectivity index (χ1n) is 24.1. The average molecular weight is 1160 g/mol. The molecule has 0 aliphatic carbocycles. The van der Waals surface area contributed by atoms with E-state index in [0.717, 1.165) is 24.2 Å². The number of hydrogen-bond acceptors (Lipinski definition) is 1. The zero-order valence-electron chi connectivity index (χ0n) is 43.7. The Morgan fingerprint density at radius 2 is 0.843 bits per heavy atom. The van der Waals surface area contributed by atoms with Gasteiger partial charge in [-0.15, -0.1) is 36.5 Å². The Balaban J connectivity index is 0.000000298. The molecule has 0 aromatic heterocycles. The Kier molecular flexibility index (Phi) is 26.1. The molecular formula is C62H77HfN3PSi3-5. The molecule has 8 aromatic rings. The molecular weight excluding hydrogens is 1080 g/mol. The average Bonchev–Trinajstić information content (AvgIpc) is 3.30. The van der Waals surface area contributed by atoms with Gasteiger partial charge < -0.3 is 30.3 Å². The summed E-state index contributed by atoms with van der Waals surface area (Å²) in [6, 6.07) is 72.0. The van der Waals surface area contributed by atoms with Crippen LogP contribution in [0.3, 0.4) is 0 Å². The molecule has 0 aliphatic heterocycles. The molecule has 0 spiro atoms. The fourth-order valence-corrected chi connectivity index (χ4v) is 8.74. The zero-order valence-corrected chi connectivity index (χ0v) is 51.2. The molecule has 0 saturated carbocycles. The van der Waals surface area contributed by atoms with Crippen molar-refractivity contribution in [3.8, 4) is 0 Å². The van der Waals surface area contributed by atoms with Crippen LogP contribution in [-0.4, -0.2) is 35.8 Å². The van der Waals surface area contributed by atoms with E-state index in [1.807, 2.05) is 6.07 Å². The third-order valence-electron chi connectivity index (χ3n) is 9.25. The summed E-state index contributed by atoms with van der Waals surface area (Å²) >= 11 is 0. The van der Waals surface area contributed by atoms with Crippen LogP contribution in [0, 0.1) is 19.6 Å². The second-order valence-electron chi connectivity index (χ2n) is 20.9. The SMILES string of the molecule is CC(CCc1ccccc1)=Nc1ccc2ccccc2c1.[CH2-][Si](C)(C)C.[CH2-][Si](C)(C)C.[CH2-][Si](C)(C)C.[Hf].c1ccc(C[N-]C([N-]c2ccc3ccccc3c2)P(c2ccccc2)c2ccccc2)cc1. The number of nitrogens with zero attached hydrogens (tertiary/aromatic N) is 3. The maximum atomic E-state index is 5.24. The van der Waals surface area contributed by atoms with Crippen molar-refractivity contribution >= 4 is 81.4 Å². The molecule has 8 aromatic carbocycles. The van der Waals surface area contributed by atoms with Gasteiger partial charge in [0.15, 0.2) is 0 Å². The predicted octanol–water partition coefficient (Wildman–Crippen LogP) is 18.5. The largest absolute Gasteiger partial charge is 0.695 e. The first-order chi connectivity index (χ1) is 32.7. The molecule has 1 atom stereocenters. The molecule has 0 heterocycles. The van der Waals surface area contributed by atoms with E-state index in [4.69, 9.17) is 15.6 Å². The summed E-state index contributed by atoms with van der Waals surface area (Å²) < 4.78 is 0. The molecule has 1 unspecified atom stereocenters. The predicted molar refractivity (Wildman–Crippen MR) is 321 cm³/mol. The van der Waals surface area contributed by atoms with E-state index in [1.54, 1.807) is 0 Å². The molecule has 8 heteroatoms. The first kappa shape index (κ1) is 60.0. The summed E-state index contributed by atoms with van der Waals surface area (Å²) in [4.78, 5) is 4.74. The van der Waals surface area contributed by atoms with Gasteiger partial charge in [-0.1, -0.05) is 267 Å². The Bertz CT molecular complexity index is 2610. The molecule has 0 radical (unpaired) electrons. The molecule has 3 nitrogen and oxygen atoms in total. The summed E-state index contributed by atoms with van der Waals surface area (Å²) in [5.74, 6) is -0.189. The third-order valence-corrected chi connectivity index (χ3v) is 11.7. The van der Waals surface area contributed by atoms with E-state index in [-0.39, 0.29) is 31.8 Å². The minimum absolute atomic E-state index is 0. The van der Waals surface area contributed by atoms with Crippen LogP contribution in [0.25, 0.3) is 32.2 Å². The molecule has 0 saturated heterocycles. The van der Waals surface area contributed by atoms with Crippen molar-refractivity contribution in [1.29, 1.82) is 0 Å². The van der Waals surface area contributed by atoms with Crippen LogP contribution in [0.5, 0.6) is 0 Å². The summed E-state index contributed by atoms with van der Waals surface area (Å²) in [5.41, 5.74) is 5.75. The van der Waals surface area contributed by atoms with Gasteiger partial charge in [-0.05, 0) is 69.6 Å². The van der Waals surface area contributed by atoms with Crippen LogP contribution >= 0.6 is 7.92 Å². The van der Waals surface area contributed by atoms with Gasteiger partial charge in [0.2, 0.25) is 0 Å². The minimum Gasteiger partial charge on any atom is -0.695 e. The molecule has 0 aliphatic rings. The van der Waals surface area contributed by atoms with E-state index in [0.29, 0.717) is 6.54 Å². The second kappa shape index (κ2) is 30.5. The number of hydrogen-bond donors (Lipinski definition) is 0. The van der Waals surface area contributed by atoms with Crippen molar-refractivity contribution in [3.63, 3.8) is 0 Å². The second-order valence-corrected chi connectivity index (χ2v) is 38.5. The number of benzene rings is 8. The van der Waals surface area contributed by atoms with Crippen LogP contribution in [0.2, 0.25) is 58.9 Å². The van der Waals surface area contributed by atoms with Gasteiger partial charge in [0.05, 0.1) is 5.69 Å². The van der Waals surface area contributed by atoms with E-state index in [9.17, 15) is 0 Å². The summed E-state index contributed by atoms with van der Waals surface area (Å²) in [5, 5.41) is 17.9. The third kappa shape index (κ3) is 26.2. The van der Waals surface area contributed by atoms with E-state index < -0.39 is 32.1 Å². The van der Waals surface area contributed by atoms with Crippen LogP contribution in [-0.2, 0) is 38.8 Å². The van der Waals surface area contributed by atoms with E-state index in [2.05, 4.69) is 286 Å². The molecule has 0 bridgehead atoms. The molecule has 8 rings (SSSR count). The van der Waals surface area contributed by atoms with Crippen molar-refractivity contribution in [2.75, 3.05) is 0 Å². The Morgan fingerprint density at radius 1 is 0.471 bits per heavy atom. The monoisotopic (exact) mass is 1160 g/mol. The van der Waals surface area contributed by atoms with Gasteiger partial charge >= 0.3 is 0 Å². The van der Waals surface area contributed by atoms with Crippen molar-refractivity contribution < 1.29 is 25.8 Å². The van der Waals surface area contributed by atoms with Gasteiger partial charge in [0.1, 0.15) is 0 Å². The summed E-state index contributed by atoms with van der Waals surface area (Å²) in [7, 11) is -3.39. The van der Waals surface area contributed by atoms with E-state index >= 15 is 0 Å². The molecule has 366 valence electrons. The van der Waals surface area contributed by atoms with E-state index in [1.165, 1.54) is 49.0 Å². The number of aliphatic imine (C=N–C) groups is 1. The van der Waals surface area contributed by atoms with Crippen LogP contribution in [0.4, 0.5) is 11.4 Å². The topological polar surface area (TPSA) is 40.6 Å². The summed E-state index contributed by atoms with van der Waals surface area (Å²) in [6.07, 6.45) is 2.04. The molecule has 70 heavy (non-hydrogen) atoms. The Morgan fingerprint density at radius 3 is 1.30 bits per heavy atom.